The maximum Gasteiger partial charge on any atom is 0.407 e. The number of likely N-dealkylation sites (N-methyl/N-ethyl adjacent to an activating group) is 1. The molecule has 1 rings (SSSR count). The highest BCUT2D eigenvalue weighted by molar-refractivity contribution is 5.78. The van der Waals surface area contributed by atoms with E-state index in [-0.39, 0.29) is 11.9 Å². The number of carbonyl (C=O) groups excluding carboxylic acids is 2. The molecular formula is C12H23N3O3. The maximum absolute atomic E-state index is 11.6. The average Bonchev–Trinajstić information content (AvgIpc) is 2.63. The lowest BCUT2D eigenvalue weighted by Gasteiger charge is -2.22. The minimum absolute atomic E-state index is 0.0133. The predicted molar refractivity (Wildman–Crippen MR) is 68.3 cm³/mol. The second-order valence-electron chi connectivity index (χ2n) is 5.50. The molecule has 2 amide bonds. The summed E-state index contributed by atoms with van der Waals surface area (Å²) < 4.78 is 5.18. The van der Waals surface area contributed by atoms with Gasteiger partial charge in [-0.1, -0.05) is 0 Å². The van der Waals surface area contributed by atoms with E-state index in [1.165, 1.54) is 0 Å². The van der Waals surface area contributed by atoms with Crippen molar-refractivity contribution in [3.63, 3.8) is 0 Å². The SMILES string of the molecule is CNCC(=O)N1CC[C@@H](NC(=O)OC(C)(C)C)C1. The standard InChI is InChI=1S/C12H23N3O3/c1-12(2,3)18-11(17)14-9-5-6-15(8-9)10(16)7-13-4/h9,13H,5-8H2,1-4H3,(H,14,17)/t9-/m1/s1. The number of hydrogen-bond acceptors (Lipinski definition) is 4. The molecule has 1 heterocycles. The smallest absolute Gasteiger partial charge is 0.407 e. The van der Waals surface area contributed by atoms with Crippen molar-refractivity contribution in [1.82, 2.24) is 15.5 Å². The van der Waals surface area contributed by atoms with Crippen LogP contribution in [0.4, 0.5) is 4.79 Å². The molecule has 1 fully saturated rings. The molecule has 6 nitrogen and oxygen atoms in total. The molecule has 1 atom stereocenters. The van der Waals surface area contributed by atoms with E-state index in [0.29, 0.717) is 19.6 Å². The first kappa shape index (κ1) is 14.8. The highest BCUT2D eigenvalue weighted by atomic mass is 16.6. The van der Waals surface area contributed by atoms with Gasteiger partial charge in [-0.25, -0.2) is 4.79 Å². The Kier molecular flexibility index (Phi) is 4.95. The van der Waals surface area contributed by atoms with Crippen molar-refractivity contribution in [1.29, 1.82) is 0 Å². The van der Waals surface area contributed by atoms with Crippen molar-refractivity contribution in [2.24, 2.45) is 0 Å². The molecule has 0 aliphatic carbocycles. The fourth-order valence-electron chi connectivity index (χ4n) is 1.84. The molecule has 0 unspecified atom stereocenters. The Balaban J connectivity index is 2.34. The van der Waals surface area contributed by atoms with Crippen molar-refractivity contribution in [3.8, 4) is 0 Å². The van der Waals surface area contributed by atoms with Crippen LogP contribution in [0.2, 0.25) is 0 Å². The molecule has 0 spiro atoms. The maximum atomic E-state index is 11.6. The van der Waals surface area contributed by atoms with Crippen LogP contribution in [0.15, 0.2) is 0 Å². The summed E-state index contributed by atoms with van der Waals surface area (Å²) in [4.78, 5) is 24.9. The van der Waals surface area contributed by atoms with Gasteiger partial charge in [-0.2, -0.15) is 0 Å². The zero-order valence-corrected chi connectivity index (χ0v) is 11.6. The van der Waals surface area contributed by atoms with Gasteiger partial charge in [0, 0.05) is 13.1 Å². The third kappa shape index (κ3) is 4.91. The monoisotopic (exact) mass is 257 g/mol. The number of likely N-dealkylation sites (tertiary alicyclic amines) is 1. The molecule has 0 radical (unpaired) electrons. The van der Waals surface area contributed by atoms with Gasteiger partial charge in [-0.3, -0.25) is 4.79 Å². The number of carbonyl (C=O) groups is 2. The van der Waals surface area contributed by atoms with Crippen molar-refractivity contribution in [3.05, 3.63) is 0 Å². The fraction of sp³-hybridized carbons (Fsp3) is 0.833. The summed E-state index contributed by atoms with van der Waals surface area (Å²) in [5, 5.41) is 5.61. The Morgan fingerprint density at radius 1 is 1.39 bits per heavy atom. The number of nitrogens with zero attached hydrogens (tertiary/aromatic N) is 1. The minimum atomic E-state index is -0.496. The summed E-state index contributed by atoms with van der Waals surface area (Å²) >= 11 is 0. The predicted octanol–water partition coefficient (Wildman–Crippen LogP) is 0.331. The van der Waals surface area contributed by atoms with Gasteiger partial charge in [-0.15, -0.1) is 0 Å². The van der Waals surface area contributed by atoms with E-state index >= 15 is 0 Å². The van der Waals surface area contributed by atoms with Gasteiger partial charge < -0.3 is 20.3 Å². The highest BCUT2D eigenvalue weighted by Crippen LogP contribution is 2.11. The minimum Gasteiger partial charge on any atom is -0.444 e. The Hall–Kier alpha value is -1.30. The summed E-state index contributed by atoms with van der Waals surface area (Å²) in [5.74, 6) is 0.0611. The number of ether oxygens (including phenoxy) is 1. The molecule has 104 valence electrons. The lowest BCUT2D eigenvalue weighted by molar-refractivity contribution is -0.129. The lowest BCUT2D eigenvalue weighted by atomic mass is 10.2. The van der Waals surface area contributed by atoms with Crippen LogP contribution < -0.4 is 10.6 Å². The molecular weight excluding hydrogens is 234 g/mol. The van der Waals surface area contributed by atoms with Crippen LogP contribution in [-0.2, 0) is 9.53 Å². The van der Waals surface area contributed by atoms with Gasteiger partial charge in [0.2, 0.25) is 5.91 Å². The third-order valence-corrected chi connectivity index (χ3v) is 2.59. The van der Waals surface area contributed by atoms with Crippen molar-refractivity contribution in [2.75, 3.05) is 26.7 Å². The molecule has 6 heteroatoms. The highest BCUT2D eigenvalue weighted by Gasteiger charge is 2.28. The Morgan fingerprint density at radius 2 is 2.06 bits per heavy atom. The van der Waals surface area contributed by atoms with Gasteiger partial charge in [0.15, 0.2) is 0 Å². The molecule has 0 aromatic rings. The molecule has 0 aromatic heterocycles. The Labute approximate surface area is 108 Å². The number of hydrogen-bond donors (Lipinski definition) is 2. The van der Waals surface area contributed by atoms with E-state index in [2.05, 4.69) is 10.6 Å². The van der Waals surface area contributed by atoms with Crippen LogP contribution in [0, 0.1) is 0 Å². The second kappa shape index (κ2) is 6.04. The summed E-state index contributed by atoms with van der Waals surface area (Å²) in [6.07, 6.45) is 0.352. The molecule has 0 bridgehead atoms. The van der Waals surface area contributed by atoms with E-state index in [4.69, 9.17) is 4.74 Å². The topological polar surface area (TPSA) is 70.7 Å². The molecule has 2 N–H and O–H groups in total. The zero-order chi connectivity index (χ0) is 13.8. The van der Waals surface area contributed by atoms with E-state index in [1.807, 2.05) is 20.8 Å². The van der Waals surface area contributed by atoms with Gasteiger partial charge in [0.1, 0.15) is 5.60 Å². The van der Waals surface area contributed by atoms with Crippen LogP contribution in [0.5, 0.6) is 0 Å². The Bertz CT molecular complexity index is 312. The van der Waals surface area contributed by atoms with Crippen molar-refractivity contribution < 1.29 is 14.3 Å². The normalized spacial score (nSPS) is 19.8. The molecule has 0 saturated carbocycles. The fourth-order valence-corrected chi connectivity index (χ4v) is 1.84. The largest absolute Gasteiger partial charge is 0.444 e. The van der Waals surface area contributed by atoms with Gasteiger partial charge in [0.05, 0.1) is 12.6 Å². The number of amides is 2. The molecule has 1 aliphatic rings. The third-order valence-electron chi connectivity index (χ3n) is 2.59. The first-order valence-corrected chi connectivity index (χ1v) is 6.23. The van der Waals surface area contributed by atoms with Crippen LogP contribution >= 0.6 is 0 Å². The van der Waals surface area contributed by atoms with Gasteiger partial charge in [-0.05, 0) is 34.2 Å². The first-order chi connectivity index (χ1) is 8.31. The quantitative estimate of drug-likeness (QED) is 0.764. The van der Waals surface area contributed by atoms with Crippen LogP contribution in [-0.4, -0.2) is 55.2 Å². The molecule has 1 aliphatic heterocycles. The first-order valence-electron chi connectivity index (χ1n) is 6.23. The molecule has 1 saturated heterocycles. The summed E-state index contributed by atoms with van der Waals surface area (Å²) in [7, 11) is 1.74. The molecule has 0 aromatic carbocycles. The molecule has 18 heavy (non-hydrogen) atoms. The zero-order valence-electron chi connectivity index (χ0n) is 11.6. The average molecular weight is 257 g/mol. The second-order valence-corrected chi connectivity index (χ2v) is 5.50. The van der Waals surface area contributed by atoms with Crippen LogP contribution in [0.1, 0.15) is 27.2 Å². The van der Waals surface area contributed by atoms with E-state index in [0.717, 1.165) is 6.42 Å². The van der Waals surface area contributed by atoms with Gasteiger partial charge in [0.25, 0.3) is 0 Å². The van der Waals surface area contributed by atoms with Crippen LogP contribution in [0.3, 0.4) is 0 Å². The summed E-state index contributed by atoms with van der Waals surface area (Å²) in [5.41, 5.74) is -0.496. The van der Waals surface area contributed by atoms with E-state index in [9.17, 15) is 9.59 Å². The van der Waals surface area contributed by atoms with Crippen molar-refractivity contribution in [2.45, 2.75) is 38.8 Å². The number of nitrogens with one attached hydrogen (secondary N) is 2. The van der Waals surface area contributed by atoms with Gasteiger partial charge >= 0.3 is 6.09 Å². The van der Waals surface area contributed by atoms with Crippen molar-refractivity contribution >= 4 is 12.0 Å². The summed E-state index contributed by atoms with van der Waals surface area (Å²) in [6.45, 7) is 7.04. The summed E-state index contributed by atoms with van der Waals surface area (Å²) in [6, 6.07) is -0.0133. The van der Waals surface area contributed by atoms with E-state index < -0.39 is 11.7 Å². The number of alkyl carbamates (subject to hydrolysis) is 1. The van der Waals surface area contributed by atoms with E-state index in [1.54, 1.807) is 11.9 Å². The number of rotatable bonds is 3. The van der Waals surface area contributed by atoms with Crippen LogP contribution in [0.25, 0.3) is 0 Å². The lowest BCUT2D eigenvalue weighted by Crippen LogP contribution is -2.42. The Morgan fingerprint density at radius 3 is 2.61 bits per heavy atom.